The van der Waals surface area contributed by atoms with E-state index in [0.717, 1.165) is 0 Å². The van der Waals surface area contributed by atoms with E-state index < -0.39 is 17.9 Å². The van der Waals surface area contributed by atoms with Crippen LogP contribution in [0.4, 0.5) is 0 Å². The lowest BCUT2D eigenvalue weighted by Crippen LogP contribution is -2.44. The number of amides is 1. The Morgan fingerprint density at radius 3 is 2.00 bits per heavy atom. The Balaban J connectivity index is 0.000000604. The van der Waals surface area contributed by atoms with Gasteiger partial charge in [-0.1, -0.05) is 36.4 Å². The van der Waals surface area contributed by atoms with Gasteiger partial charge in [0.15, 0.2) is 5.96 Å². The van der Waals surface area contributed by atoms with Crippen molar-refractivity contribution in [3.05, 3.63) is 36.4 Å². The molecule has 0 aliphatic carbocycles. The highest BCUT2D eigenvalue weighted by Crippen LogP contribution is 1.96. The van der Waals surface area contributed by atoms with Crippen molar-refractivity contribution < 1.29 is 14.7 Å². The van der Waals surface area contributed by atoms with Crippen molar-refractivity contribution in [3.63, 3.8) is 0 Å². The first-order valence-electron chi connectivity index (χ1n) is 6.77. The summed E-state index contributed by atoms with van der Waals surface area (Å²) >= 11 is 0. The molecule has 1 aromatic rings. The number of hydrogen-bond acceptors (Lipinski definition) is 4. The molecule has 0 spiro atoms. The van der Waals surface area contributed by atoms with E-state index in [2.05, 4.69) is 10.6 Å². The number of aliphatic carboxylic acids is 1. The Labute approximate surface area is 129 Å². The SMILES string of the molecule is N=C(N)NCCC[C@H](NC(=O)CN)C(=O)O.c1ccccc1. The highest BCUT2D eigenvalue weighted by Gasteiger charge is 2.18. The molecule has 22 heavy (non-hydrogen) atoms. The zero-order valence-electron chi connectivity index (χ0n) is 12.3. The predicted molar refractivity (Wildman–Crippen MR) is 84.2 cm³/mol. The topological polar surface area (TPSA) is 154 Å². The van der Waals surface area contributed by atoms with Gasteiger partial charge in [-0.15, -0.1) is 0 Å². The van der Waals surface area contributed by atoms with Crippen molar-refractivity contribution in [2.75, 3.05) is 13.1 Å². The van der Waals surface area contributed by atoms with Crippen LogP contribution in [0.1, 0.15) is 12.8 Å². The summed E-state index contributed by atoms with van der Waals surface area (Å²) < 4.78 is 0. The number of hydrogen-bond donors (Lipinski definition) is 6. The van der Waals surface area contributed by atoms with Crippen LogP contribution >= 0.6 is 0 Å². The lowest BCUT2D eigenvalue weighted by Gasteiger charge is -2.13. The lowest BCUT2D eigenvalue weighted by atomic mass is 10.1. The summed E-state index contributed by atoms with van der Waals surface area (Å²) in [4.78, 5) is 21.6. The second kappa shape index (κ2) is 12.2. The van der Waals surface area contributed by atoms with Gasteiger partial charge < -0.3 is 27.2 Å². The number of carbonyl (C=O) groups is 2. The molecule has 0 heterocycles. The molecule has 122 valence electrons. The van der Waals surface area contributed by atoms with E-state index >= 15 is 0 Å². The molecular weight excluding hydrogens is 286 g/mol. The molecular formula is C14H23N5O3. The third-order valence-corrected chi connectivity index (χ3v) is 2.47. The molecule has 8 N–H and O–H groups in total. The minimum absolute atomic E-state index is 0.169. The van der Waals surface area contributed by atoms with Crippen LogP contribution in [-0.2, 0) is 9.59 Å². The quantitative estimate of drug-likeness (QED) is 0.226. The number of carboxylic acid groups (broad SMARTS) is 1. The van der Waals surface area contributed by atoms with Gasteiger partial charge in [0.2, 0.25) is 5.91 Å². The number of carboxylic acids is 1. The standard InChI is InChI=1S/C8H17N5O3.C6H6/c9-4-6(14)13-5(7(15)16)2-1-3-12-8(10)11;1-2-4-6-5-3-1/h5H,1-4,9H2,(H,13,14)(H,15,16)(H4,10,11,12);1-6H/t5-;/m0./s1. The van der Waals surface area contributed by atoms with Gasteiger partial charge >= 0.3 is 5.97 Å². The Hall–Kier alpha value is -2.61. The number of nitrogens with one attached hydrogen (secondary N) is 3. The highest BCUT2D eigenvalue weighted by atomic mass is 16.4. The van der Waals surface area contributed by atoms with Gasteiger partial charge in [0, 0.05) is 6.54 Å². The average molecular weight is 309 g/mol. The monoisotopic (exact) mass is 309 g/mol. The van der Waals surface area contributed by atoms with Crippen LogP contribution < -0.4 is 22.1 Å². The summed E-state index contributed by atoms with van der Waals surface area (Å²) in [5, 5.41) is 20.5. The van der Waals surface area contributed by atoms with Gasteiger partial charge in [-0.25, -0.2) is 4.79 Å². The fourth-order valence-corrected chi connectivity index (χ4v) is 1.42. The Morgan fingerprint density at radius 1 is 1.14 bits per heavy atom. The van der Waals surface area contributed by atoms with Crippen LogP contribution in [0.5, 0.6) is 0 Å². The molecule has 1 amide bonds. The third kappa shape index (κ3) is 11.2. The maximum atomic E-state index is 10.9. The molecule has 8 nitrogen and oxygen atoms in total. The number of guanidine groups is 1. The second-order valence-electron chi connectivity index (χ2n) is 4.30. The molecule has 0 aliphatic heterocycles. The van der Waals surface area contributed by atoms with Crippen LogP contribution in [0.15, 0.2) is 36.4 Å². The summed E-state index contributed by atoms with van der Waals surface area (Å²) in [6.45, 7) is 0.146. The van der Waals surface area contributed by atoms with Crippen molar-refractivity contribution in [1.29, 1.82) is 5.41 Å². The fraction of sp³-hybridized carbons (Fsp3) is 0.357. The van der Waals surface area contributed by atoms with E-state index in [-0.39, 0.29) is 18.9 Å². The number of rotatable bonds is 7. The van der Waals surface area contributed by atoms with E-state index in [0.29, 0.717) is 13.0 Å². The van der Waals surface area contributed by atoms with E-state index in [4.69, 9.17) is 22.0 Å². The molecule has 1 rings (SSSR count). The van der Waals surface area contributed by atoms with E-state index in [1.807, 2.05) is 36.4 Å². The lowest BCUT2D eigenvalue weighted by molar-refractivity contribution is -0.141. The largest absolute Gasteiger partial charge is 0.480 e. The summed E-state index contributed by atoms with van der Waals surface area (Å²) in [7, 11) is 0. The first kappa shape index (κ1) is 19.4. The smallest absolute Gasteiger partial charge is 0.326 e. The Kier molecular flexibility index (Phi) is 10.7. The summed E-state index contributed by atoms with van der Waals surface area (Å²) in [6, 6.07) is 11.0. The van der Waals surface area contributed by atoms with Crippen LogP contribution in [0, 0.1) is 5.41 Å². The zero-order chi connectivity index (χ0) is 16.8. The third-order valence-electron chi connectivity index (χ3n) is 2.47. The predicted octanol–water partition coefficient (Wildman–Crippen LogP) is -0.536. The van der Waals surface area contributed by atoms with Crippen molar-refractivity contribution in [2.45, 2.75) is 18.9 Å². The first-order valence-corrected chi connectivity index (χ1v) is 6.77. The van der Waals surface area contributed by atoms with Gasteiger partial charge in [0.25, 0.3) is 0 Å². The number of nitrogens with two attached hydrogens (primary N) is 2. The van der Waals surface area contributed by atoms with Crippen molar-refractivity contribution in [2.24, 2.45) is 11.5 Å². The maximum absolute atomic E-state index is 10.9. The van der Waals surface area contributed by atoms with Crippen LogP contribution in [0.3, 0.4) is 0 Å². The van der Waals surface area contributed by atoms with E-state index in [9.17, 15) is 9.59 Å². The Bertz CT molecular complexity index is 426. The molecule has 0 fully saturated rings. The van der Waals surface area contributed by atoms with Crippen molar-refractivity contribution >= 4 is 17.8 Å². The minimum atomic E-state index is -1.11. The van der Waals surface area contributed by atoms with Gasteiger partial charge in [0.05, 0.1) is 6.54 Å². The van der Waals surface area contributed by atoms with Crippen LogP contribution in [0.2, 0.25) is 0 Å². The number of benzene rings is 1. The fourth-order valence-electron chi connectivity index (χ4n) is 1.42. The molecule has 0 unspecified atom stereocenters. The van der Waals surface area contributed by atoms with E-state index in [1.165, 1.54) is 0 Å². The van der Waals surface area contributed by atoms with Crippen LogP contribution in [0.25, 0.3) is 0 Å². The second-order valence-corrected chi connectivity index (χ2v) is 4.30. The summed E-state index contributed by atoms with van der Waals surface area (Å²) in [5.41, 5.74) is 10.1. The van der Waals surface area contributed by atoms with Gasteiger partial charge in [-0.05, 0) is 12.8 Å². The highest BCUT2D eigenvalue weighted by molar-refractivity contribution is 5.84. The molecule has 0 aliphatic rings. The first-order chi connectivity index (χ1) is 10.5. The van der Waals surface area contributed by atoms with Crippen molar-refractivity contribution in [1.82, 2.24) is 10.6 Å². The summed E-state index contributed by atoms with van der Waals surface area (Å²) in [6.07, 6.45) is 0.725. The molecule has 0 saturated carbocycles. The van der Waals surface area contributed by atoms with Crippen molar-refractivity contribution in [3.8, 4) is 0 Å². The molecule has 0 bridgehead atoms. The van der Waals surface area contributed by atoms with E-state index in [1.54, 1.807) is 0 Å². The van der Waals surface area contributed by atoms with Gasteiger partial charge in [-0.2, -0.15) is 0 Å². The molecule has 1 atom stereocenters. The normalized spacial score (nSPS) is 10.6. The molecule has 0 aromatic heterocycles. The molecule has 0 saturated heterocycles. The van der Waals surface area contributed by atoms with Gasteiger partial charge in [0.1, 0.15) is 6.04 Å². The van der Waals surface area contributed by atoms with Crippen LogP contribution in [-0.4, -0.2) is 42.1 Å². The minimum Gasteiger partial charge on any atom is -0.480 e. The maximum Gasteiger partial charge on any atom is 0.326 e. The molecule has 8 heteroatoms. The Morgan fingerprint density at radius 2 is 1.64 bits per heavy atom. The molecule has 1 aromatic carbocycles. The number of carbonyl (C=O) groups excluding carboxylic acids is 1. The summed E-state index contributed by atoms with van der Waals surface area (Å²) in [5.74, 6) is -1.78. The average Bonchev–Trinajstić information content (AvgIpc) is 2.51. The zero-order valence-corrected chi connectivity index (χ0v) is 12.3. The molecule has 0 radical (unpaired) electrons. The van der Waals surface area contributed by atoms with Gasteiger partial charge in [-0.3, -0.25) is 10.2 Å².